The van der Waals surface area contributed by atoms with Gasteiger partial charge < -0.3 is 15.2 Å². The Morgan fingerprint density at radius 2 is 1.82 bits per heavy atom. The van der Waals surface area contributed by atoms with Crippen molar-refractivity contribution in [2.75, 3.05) is 26.2 Å². The zero-order chi connectivity index (χ0) is 20.0. The number of ether oxygens (including phenoxy) is 1. The van der Waals surface area contributed by atoms with Crippen LogP contribution in [-0.4, -0.2) is 52.8 Å². The second-order valence-electron chi connectivity index (χ2n) is 6.82. The predicted octanol–water partition coefficient (Wildman–Crippen LogP) is 4.45. The van der Waals surface area contributed by atoms with Crippen molar-refractivity contribution in [3.63, 3.8) is 0 Å². The summed E-state index contributed by atoms with van der Waals surface area (Å²) in [6, 6.07) is 4.49. The van der Waals surface area contributed by atoms with E-state index < -0.39 is 18.0 Å². The van der Waals surface area contributed by atoms with E-state index in [9.17, 15) is 13.2 Å². The Morgan fingerprint density at radius 1 is 1.21 bits per heavy atom. The smallest absolute Gasteiger partial charge is 0.388 e. The maximum atomic E-state index is 14.1. The summed E-state index contributed by atoms with van der Waals surface area (Å²) < 4.78 is 45.4. The average Bonchev–Trinajstić information content (AvgIpc) is 2.56. The molecule has 1 aromatic carbocycles. The van der Waals surface area contributed by atoms with Crippen LogP contribution in [0.1, 0.15) is 20.8 Å². The Morgan fingerprint density at radius 3 is 2.39 bits per heavy atom. The summed E-state index contributed by atoms with van der Waals surface area (Å²) in [6.45, 7) is 5.30. The fourth-order valence-corrected chi connectivity index (χ4v) is 3.29. The van der Waals surface area contributed by atoms with E-state index in [1.165, 1.54) is 24.2 Å². The third-order valence-corrected chi connectivity index (χ3v) is 4.42. The second-order valence-corrected chi connectivity index (χ2v) is 7.96. The molecule has 1 aliphatic rings. The number of rotatable bonds is 4. The molecule has 153 valence electrons. The minimum absolute atomic E-state index is 0. The van der Waals surface area contributed by atoms with Crippen LogP contribution in [0, 0.1) is 5.82 Å². The van der Waals surface area contributed by atoms with Gasteiger partial charge in [0.25, 0.3) is 0 Å². The summed E-state index contributed by atoms with van der Waals surface area (Å²) in [5.74, 6) is -1.02. The predicted molar refractivity (Wildman–Crippen MR) is 101 cm³/mol. The van der Waals surface area contributed by atoms with E-state index in [1.54, 1.807) is 32.9 Å². The van der Waals surface area contributed by atoms with Crippen LogP contribution < -0.4 is 4.74 Å². The van der Waals surface area contributed by atoms with Crippen LogP contribution in [0.3, 0.4) is 0 Å². The van der Waals surface area contributed by atoms with E-state index in [0.717, 1.165) is 31.1 Å². The van der Waals surface area contributed by atoms with E-state index in [1.807, 2.05) is 0 Å². The van der Waals surface area contributed by atoms with Gasteiger partial charge in [0, 0.05) is 49.2 Å². The third-order valence-electron chi connectivity index (χ3n) is 3.24. The minimum Gasteiger partial charge on any atom is -0.660 e. The number of piperazine rings is 1. The normalized spacial score (nSPS) is 15.0. The van der Waals surface area contributed by atoms with Crippen molar-refractivity contribution in [3.05, 3.63) is 35.5 Å². The van der Waals surface area contributed by atoms with Gasteiger partial charge in [0.05, 0.1) is 11.0 Å². The zero-order valence-electron chi connectivity index (χ0n) is 16.0. The maximum Gasteiger partial charge on any atom is 0.388 e. The zero-order valence-corrected chi connectivity index (χ0v) is 19.7. The van der Waals surface area contributed by atoms with Gasteiger partial charge in [0.2, 0.25) is 5.88 Å². The number of aromatic nitrogens is 1. The molecule has 1 saturated heterocycles. The van der Waals surface area contributed by atoms with Crippen LogP contribution in [0.15, 0.2) is 29.3 Å². The Bertz CT molecular complexity index is 751. The van der Waals surface area contributed by atoms with Crippen LogP contribution in [0.2, 0.25) is 0 Å². The number of benzene rings is 1. The van der Waals surface area contributed by atoms with E-state index in [-0.39, 0.29) is 44.0 Å². The molecule has 0 bridgehead atoms. The van der Waals surface area contributed by atoms with Crippen LogP contribution >= 0.6 is 11.9 Å². The van der Waals surface area contributed by atoms with Crippen molar-refractivity contribution >= 4 is 22.7 Å². The van der Waals surface area contributed by atoms with Crippen LogP contribution in [-0.2, 0) is 32.7 Å². The van der Waals surface area contributed by atoms with Crippen molar-refractivity contribution in [2.45, 2.75) is 37.9 Å². The topological polar surface area (TPSA) is 59.7 Å². The first-order valence-corrected chi connectivity index (χ1v) is 9.23. The molecule has 3 rings (SSSR count). The Labute approximate surface area is 192 Å². The summed E-state index contributed by atoms with van der Waals surface area (Å²) in [7, 11) is 0. The summed E-state index contributed by atoms with van der Waals surface area (Å²) in [4.78, 5) is 4.49. The van der Waals surface area contributed by atoms with Gasteiger partial charge in [-0.25, -0.2) is 13.7 Å². The maximum absolute atomic E-state index is 14.1. The van der Waals surface area contributed by atoms with Crippen LogP contribution in [0.4, 0.5) is 13.2 Å². The number of nitrogens with zero attached hydrogens (tertiary/aromatic N) is 3. The van der Waals surface area contributed by atoms with Crippen LogP contribution in [0.5, 0.6) is 5.88 Å². The first kappa shape index (κ1) is 25.6. The summed E-state index contributed by atoms with van der Waals surface area (Å²) >= 11 is 1.47. The van der Waals surface area contributed by atoms with E-state index in [2.05, 4.69) is 19.3 Å². The first-order valence-electron chi connectivity index (χ1n) is 8.45. The standard InChI is InChI=1S/C14H13F3N3OS.C4H10O.Y/c15-10-1-2-11(22-20-7-5-18-6-8-20)9-3-4-19-13(12(9)10)21-14(16)17;1-4(2,3)5;/h1-4,14H,5-8H2;5H,1-3H3;/q-1;;. The number of alkyl halides is 2. The molecule has 1 aliphatic heterocycles. The Hall–Kier alpha value is -0.446. The van der Waals surface area contributed by atoms with Gasteiger partial charge in [-0.05, 0) is 64.0 Å². The van der Waals surface area contributed by atoms with Crippen molar-refractivity contribution in [1.82, 2.24) is 9.29 Å². The molecule has 2 heterocycles. The SMILES string of the molecule is CC(C)(C)O.Fc1ccc(SN2CC[N-]CC2)c2ccnc(OC(F)F)c12.[Y]. The molecule has 0 aliphatic carbocycles. The Kier molecular flexibility index (Phi) is 10.7. The van der Waals surface area contributed by atoms with E-state index in [0.29, 0.717) is 5.39 Å². The number of hydrogen-bond donors (Lipinski definition) is 1. The number of pyridine rings is 1. The fraction of sp³-hybridized carbons (Fsp3) is 0.500. The molecular formula is C18H23F3N3O2SY-. The van der Waals surface area contributed by atoms with Crippen molar-refractivity contribution in [3.8, 4) is 5.88 Å². The molecule has 0 saturated carbocycles. The molecule has 1 fully saturated rings. The molecule has 28 heavy (non-hydrogen) atoms. The molecule has 0 spiro atoms. The molecule has 5 nitrogen and oxygen atoms in total. The quantitative estimate of drug-likeness (QED) is 0.641. The summed E-state index contributed by atoms with van der Waals surface area (Å²) in [5.41, 5.74) is -0.500. The summed E-state index contributed by atoms with van der Waals surface area (Å²) in [5, 5.41) is 13.3. The average molecular weight is 491 g/mol. The molecule has 0 atom stereocenters. The molecule has 10 heteroatoms. The Balaban J connectivity index is 0.000000584. The van der Waals surface area contributed by atoms with Crippen molar-refractivity contribution < 1.29 is 55.7 Å². The number of hydrogen-bond acceptors (Lipinski definition) is 5. The van der Waals surface area contributed by atoms with Gasteiger partial charge in [-0.2, -0.15) is 8.78 Å². The van der Waals surface area contributed by atoms with Crippen LogP contribution in [0.25, 0.3) is 16.1 Å². The largest absolute Gasteiger partial charge is 0.660 e. The molecule has 0 amide bonds. The molecule has 1 N–H and O–H groups in total. The van der Waals surface area contributed by atoms with Gasteiger partial charge in [0.1, 0.15) is 5.82 Å². The molecule has 1 radical (unpaired) electrons. The molecular weight excluding hydrogens is 468 g/mol. The molecule has 1 aromatic heterocycles. The van der Waals surface area contributed by atoms with Gasteiger partial charge in [0.15, 0.2) is 0 Å². The van der Waals surface area contributed by atoms with E-state index in [4.69, 9.17) is 5.11 Å². The third kappa shape index (κ3) is 8.51. The van der Waals surface area contributed by atoms with Gasteiger partial charge in [-0.1, -0.05) is 0 Å². The number of halogens is 3. The van der Waals surface area contributed by atoms with Gasteiger partial charge in [-0.15, -0.1) is 13.1 Å². The van der Waals surface area contributed by atoms with Gasteiger partial charge in [-0.3, -0.25) is 0 Å². The van der Waals surface area contributed by atoms with Crippen molar-refractivity contribution in [2.24, 2.45) is 0 Å². The first-order chi connectivity index (χ1) is 12.6. The minimum atomic E-state index is -3.04. The van der Waals surface area contributed by atoms with E-state index >= 15 is 0 Å². The number of fused-ring (bicyclic) bond motifs is 1. The monoisotopic (exact) mass is 491 g/mol. The fourth-order valence-electron chi connectivity index (χ4n) is 2.27. The van der Waals surface area contributed by atoms with Crippen molar-refractivity contribution in [1.29, 1.82) is 0 Å². The molecule has 0 unspecified atom stereocenters. The summed E-state index contributed by atoms with van der Waals surface area (Å²) in [6.07, 6.45) is 1.34. The molecule has 2 aromatic rings. The van der Waals surface area contributed by atoms with Gasteiger partial charge >= 0.3 is 6.61 Å². The second kappa shape index (κ2) is 11.7. The number of aliphatic hydroxyl groups is 1.